The van der Waals surface area contributed by atoms with Crippen LogP contribution in [-0.4, -0.2) is 26.3 Å². The number of thiophene rings is 1. The molecule has 5 heteroatoms. The second kappa shape index (κ2) is 9.89. The second-order valence-corrected chi connectivity index (χ2v) is 5.25. The maximum atomic E-state index is 11.1. The zero-order valence-corrected chi connectivity index (χ0v) is 13.1. The van der Waals surface area contributed by atoms with Crippen molar-refractivity contribution in [1.82, 2.24) is 5.32 Å². The monoisotopic (exact) mass is 317 g/mol. The molecule has 1 saturated heterocycles. The van der Waals surface area contributed by atoms with Gasteiger partial charge in [0, 0.05) is 19.2 Å². The maximum Gasteiger partial charge on any atom is 0.192 e. The topological polar surface area (TPSA) is 51.5 Å². The summed E-state index contributed by atoms with van der Waals surface area (Å²) in [5.41, 5.74) is 0.645. The van der Waals surface area contributed by atoms with Crippen molar-refractivity contribution in [3.8, 4) is 0 Å². The third-order valence-electron chi connectivity index (χ3n) is 2.84. The van der Waals surface area contributed by atoms with Crippen molar-refractivity contribution < 1.29 is 9.15 Å². The van der Waals surface area contributed by atoms with Crippen molar-refractivity contribution in [2.45, 2.75) is 0 Å². The van der Waals surface area contributed by atoms with E-state index in [1.165, 1.54) is 12.3 Å². The van der Waals surface area contributed by atoms with E-state index in [0.29, 0.717) is 11.0 Å². The van der Waals surface area contributed by atoms with Gasteiger partial charge in [-0.15, -0.1) is 0 Å². The van der Waals surface area contributed by atoms with Crippen molar-refractivity contribution in [2.24, 2.45) is 0 Å². The standard InChI is InChI=1S/C9H6O2.C4H9NO.C4H4S/c10-8-5-6-11-9-4-2-1-3-7(8)9;1-3-6-4-2-5-1;1-2-4-5-3-1/h1-6H;5H,1-4H2;1-4H. The van der Waals surface area contributed by atoms with Gasteiger partial charge >= 0.3 is 0 Å². The molecule has 4 nitrogen and oxygen atoms in total. The summed E-state index contributed by atoms with van der Waals surface area (Å²) in [5.74, 6) is 0. The fourth-order valence-corrected chi connectivity index (χ4v) is 2.23. The van der Waals surface area contributed by atoms with Gasteiger partial charge in [-0.3, -0.25) is 4.79 Å². The van der Waals surface area contributed by atoms with E-state index in [2.05, 4.69) is 5.32 Å². The van der Waals surface area contributed by atoms with Crippen LogP contribution in [0.3, 0.4) is 0 Å². The highest BCUT2D eigenvalue weighted by Crippen LogP contribution is 2.06. The van der Waals surface area contributed by atoms with Crippen LogP contribution >= 0.6 is 11.3 Å². The van der Waals surface area contributed by atoms with Crippen LogP contribution in [0.5, 0.6) is 0 Å². The van der Waals surface area contributed by atoms with E-state index >= 15 is 0 Å². The molecule has 0 unspecified atom stereocenters. The molecular formula is C17H19NO3S. The molecule has 0 atom stereocenters. The first-order chi connectivity index (χ1) is 10.9. The molecule has 0 spiro atoms. The van der Waals surface area contributed by atoms with E-state index in [-0.39, 0.29) is 5.43 Å². The largest absolute Gasteiger partial charge is 0.464 e. The average Bonchev–Trinajstić information content (AvgIpc) is 3.17. The van der Waals surface area contributed by atoms with Crippen LogP contribution in [0.15, 0.2) is 68.7 Å². The van der Waals surface area contributed by atoms with Gasteiger partial charge in [-0.1, -0.05) is 24.3 Å². The van der Waals surface area contributed by atoms with E-state index in [1.807, 2.05) is 35.0 Å². The van der Waals surface area contributed by atoms with E-state index in [4.69, 9.17) is 9.15 Å². The Morgan fingerprint density at radius 2 is 1.68 bits per heavy atom. The molecule has 22 heavy (non-hydrogen) atoms. The summed E-state index contributed by atoms with van der Waals surface area (Å²) >= 11 is 1.71. The van der Waals surface area contributed by atoms with Crippen LogP contribution in [0, 0.1) is 0 Å². The van der Waals surface area contributed by atoms with E-state index < -0.39 is 0 Å². The number of hydrogen-bond acceptors (Lipinski definition) is 5. The fraction of sp³-hybridized carbons (Fsp3) is 0.235. The Kier molecular flexibility index (Phi) is 7.38. The zero-order chi connectivity index (χ0) is 15.5. The van der Waals surface area contributed by atoms with Gasteiger partial charge in [0.1, 0.15) is 5.58 Å². The molecule has 0 radical (unpaired) electrons. The van der Waals surface area contributed by atoms with Gasteiger partial charge in [-0.2, -0.15) is 11.3 Å². The minimum absolute atomic E-state index is 0.00634. The van der Waals surface area contributed by atoms with E-state index in [0.717, 1.165) is 26.3 Å². The molecule has 0 aliphatic carbocycles. The summed E-state index contributed by atoms with van der Waals surface area (Å²) in [7, 11) is 0. The van der Waals surface area contributed by atoms with Crippen LogP contribution in [0.1, 0.15) is 0 Å². The lowest BCUT2D eigenvalue weighted by Gasteiger charge is -2.10. The molecule has 2 aromatic heterocycles. The SMILES string of the molecule is C1COCCN1.O=c1ccoc2ccccc12.c1ccsc1. The molecule has 116 valence electrons. The summed E-state index contributed by atoms with van der Waals surface area (Å²) < 4.78 is 10.1. The maximum absolute atomic E-state index is 11.1. The Hall–Kier alpha value is -1.95. The van der Waals surface area contributed by atoms with Crippen LogP contribution in [0.25, 0.3) is 11.0 Å². The Balaban J connectivity index is 0.000000135. The van der Waals surface area contributed by atoms with Crippen molar-refractivity contribution in [2.75, 3.05) is 26.3 Å². The van der Waals surface area contributed by atoms with Crippen molar-refractivity contribution in [3.63, 3.8) is 0 Å². The smallest absolute Gasteiger partial charge is 0.192 e. The van der Waals surface area contributed by atoms with Crippen LogP contribution in [0.2, 0.25) is 0 Å². The second-order valence-electron chi connectivity index (χ2n) is 4.44. The van der Waals surface area contributed by atoms with Gasteiger partial charge in [0.15, 0.2) is 5.43 Å². The van der Waals surface area contributed by atoms with Crippen LogP contribution < -0.4 is 10.7 Å². The highest BCUT2D eigenvalue weighted by Gasteiger charge is 1.95. The number of para-hydroxylation sites is 1. The number of hydrogen-bond donors (Lipinski definition) is 1. The predicted octanol–water partition coefficient (Wildman–Crippen LogP) is 3.15. The number of morpholine rings is 1. The molecule has 1 N–H and O–H groups in total. The third kappa shape index (κ3) is 5.81. The zero-order valence-electron chi connectivity index (χ0n) is 12.2. The Labute approximate surface area is 133 Å². The van der Waals surface area contributed by atoms with Crippen molar-refractivity contribution in [3.05, 3.63) is 69.7 Å². The predicted molar refractivity (Wildman–Crippen MR) is 90.5 cm³/mol. The van der Waals surface area contributed by atoms with Crippen molar-refractivity contribution >= 4 is 22.3 Å². The molecule has 3 aromatic rings. The Bertz CT molecular complexity index is 656. The number of fused-ring (bicyclic) bond motifs is 1. The lowest BCUT2D eigenvalue weighted by atomic mass is 10.2. The first-order valence-corrected chi connectivity index (χ1v) is 8.04. The van der Waals surface area contributed by atoms with Crippen LogP contribution in [0.4, 0.5) is 0 Å². The lowest BCUT2D eigenvalue weighted by Crippen LogP contribution is -2.30. The third-order valence-corrected chi connectivity index (χ3v) is 3.47. The van der Waals surface area contributed by atoms with Crippen molar-refractivity contribution in [1.29, 1.82) is 0 Å². The average molecular weight is 317 g/mol. The number of rotatable bonds is 0. The quantitative estimate of drug-likeness (QED) is 0.692. The fourth-order valence-electron chi connectivity index (χ4n) is 1.77. The van der Waals surface area contributed by atoms with E-state index in [1.54, 1.807) is 23.5 Å². The van der Waals surface area contributed by atoms with E-state index in [9.17, 15) is 4.79 Å². The lowest BCUT2D eigenvalue weighted by molar-refractivity contribution is 0.109. The molecule has 0 bridgehead atoms. The van der Waals surface area contributed by atoms with Gasteiger partial charge in [-0.25, -0.2) is 0 Å². The summed E-state index contributed by atoms with van der Waals surface area (Å²) in [6.45, 7) is 3.83. The summed E-state index contributed by atoms with van der Waals surface area (Å²) in [6, 6.07) is 12.6. The number of benzene rings is 1. The number of ether oxygens (including phenoxy) is 1. The van der Waals surface area contributed by atoms with Gasteiger partial charge < -0.3 is 14.5 Å². The molecule has 0 saturated carbocycles. The van der Waals surface area contributed by atoms with Gasteiger partial charge in [0.25, 0.3) is 0 Å². The first kappa shape index (κ1) is 16.4. The highest BCUT2D eigenvalue weighted by atomic mass is 32.1. The summed E-state index contributed by atoms with van der Waals surface area (Å²) in [6.07, 6.45) is 1.41. The van der Waals surface area contributed by atoms with Gasteiger partial charge in [0.05, 0.1) is 24.9 Å². The van der Waals surface area contributed by atoms with Gasteiger partial charge in [-0.05, 0) is 22.9 Å². The minimum Gasteiger partial charge on any atom is -0.464 e. The summed E-state index contributed by atoms with van der Waals surface area (Å²) in [5, 5.41) is 7.88. The normalized spacial score (nSPS) is 13.5. The molecule has 3 heterocycles. The van der Waals surface area contributed by atoms with Gasteiger partial charge in [0.2, 0.25) is 0 Å². The first-order valence-electron chi connectivity index (χ1n) is 7.10. The highest BCUT2D eigenvalue weighted by molar-refractivity contribution is 7.07. The minimum atomic E-state index is 0.00634. The summed E-state index contributed by atoms with van der Waals surface area (Å²) in [4.78, 5) is 11.1. The number of nitrogens with one attached hydrogen (secondary N) is 1. The Morgan fingerprint density at radius 3 is 2.18 bits per heavy atom. The molecular weight excluding hydrogens is 298 g/mol. The molecule has 0 amide bonds. The molecule has 1 aliphatic rings. The molecule has 1 aliphatic heterocycles. The Morgan fingerprint density at radius 1 is 0.955 bits per heavy atom. The molecule has 1 aromatic carbocycles. The molecule has 4 rings (SSSR count). The molecule has 1 fully saturated rings. The van der Waals surface area contributed by atoms with Crippen LogP contribution in [-0.2, 0) is 4.74 Å².